The van der Waals surface area contributed by atoms with E-state index in [0.717, 1.165) is 10.4 Å². The van der Waals surface area contributed by atoms with Crippen molar-refractivity contribution in [2.45, 2.75) is 19.8 Å². The van der Waals surface area contributed by atoms with Crippen LogP contribution in [0.5, 0.6) is 0 Å². The van der Waals surface area contributed by atoms with Gasteiger partial charge in [0.2, 0.25) is 0 Å². The Kier molecular flexibility index (Phi) is 2.91. The number of nitrogens with one attached hydrogen (secondary N) is 1. The van der Waals surface area contributed by atoms with Crippen LogP contribution in [-0.2, 0) is 0 Å². The first-order valence-corrected chi connectivity index (χ1v) is 6.91. The van der Waals surface area contributed by atoms with Gasteiger partial charge < -0.3 is 4.98 Å². The number of fused-ring (bicyclic) bond motifs is 1. The molecule has 0 aromatic carbocycles. The summed E-state index contributed by atoms with van der Waals surface area (Å²) in [5, 5.41) is 0.673. The highest BCUT2D eigenvalue weighted by Crippen LogP contribution is 2.28. The van der Waals surface area contributed by atoms with E-state index >= 15 is 0 Å². The third-order valence-corrected chi connectivity index (χ3v) is 4.27. The SMILES string of the molecule is CC(C)c1cc2c(=O)[nH]c(-c3ccncc3)nc2s1. The second-order valence-electron chi connectivity index (χ2n) is 4.67. The minimum absolute atomic E-state index is 0.0834. The van der Waals surface area contributed by atoms with Gasteiger partial charge in [-0.2, -0.15) is 0 Å². The third-order valence-electron chi connectivity index (χ3n) is 2.94. The molecule has 0 unspecified atom stereocenters. The first-order chi connectivity index (χ1) is 9.15. The molecule has 0 fully saturated rings. The minimum Gasteiger partial charge on any atom is -0.306 e. The maximum absolute atomic E-state index is 12.1. The van der Waals surface area contributed by atoms with Gasteiger partial charge in [-0.05, 0) is 24.1 Å². The van der Waals surface area contributed by atoms with Crippen LogP contribution in [0, 0.1) is 0 Å². The third kappa shape index (κ3) is 2.17. The Morgan fingerprint density at radius 3 is 2.68 bits per heavy atom. The van der Waals surface area contributed by atoms with Crippen molar-refractivity contribution in [3.63, 3.8) is 0 Å². The van der Waals surface area contributed by atoms with E-state index in [9.17, 15) is 4.79 Å². The second-order valence-corrected chi connectivity index (χ2v) is 5.73. The van der Waals surface area contributed by atoms with Gasteiger partial charge in [0.1, 0.15) is 10.7 Å². The van der Waals surface area contributed by atoms with Gasteiger partial charge in [0.05, 0.1) is 5.39 Å². The summed E-state index contributed by atoms with van der Waals surface area (Å²) in [6.07, 6.45) is 3.38. The summed E-state index contributed by atoms with van der Waals surface area (Å²) in [6, 6.07) is 5.61. The quantitative estimate of drug-likeness (QED) is 0.778. The molecule has 0 spiro atoms. The molecule has 0 saturated heterocycles. The van der Waals surface area contributed by atoms with Crippen LogP contribution in [0.15, 0.2) is 35.4 Å². The van der Waals surface area contributed by atoms with Crippen molar-refractivity contribution < 1.29 is 0 Å². The summed E-state index contributed by atoms with van der Waals surface area (Å²) in [6.45, 7) is 4.23. The fraction of sp³-hybridized carbons (Fsp3) is 0.214. The minimum atomic E-state index is -0.0834. The molecule has 5 heteroatoms. The fourth-order valence-corrected chi connectivity index (χ4v) is 2.92. The number of rotatable bonds is 2. The Bertz CT molecular complexity index is 774. The van der Waals surface area contributed by atoms with Gasteiger partial charge in [0.25, 0.3) is 5.56 Å². The van der Waals surface area contributed by atoms with Gasteiger partial charge in [0, 0.05) is 22.8 Å². The van der Waals surface area contributed by atoms with Crippen molar-refractivity contribution in [1.29, 1.82) is 0 Å². The molecule has 3 rings (SSSR count). The summed E-state index contributed by atoms with van der Waals surface area (Å²) in [7, 11) is 0. The zero-order chi connectivity index (χ0) is 13.4. The van der Waals surface area contributed by atoms with Gasteiger partial charge in [0.15, 0.2) is 0 Å². The molecule has 0 aliphatic rings. The molecule has 0 amide bonds. The summed E-state index contributed by atoms with van der Waals surface area (Å²) >= 11 is 1.58. The molecule has 0 radical (unpaired) electrons. The zero-order valence-corrected chi connectivity index (χ0v) is 11.5. The molecule has 19 heavy (non-hydrogen) atoms. The standard InChI is InChI=1S/C14H13N3OS/c1-8(2)11-7-10-13(18)16-12(17-14(10)19-11)9-3-5-15-6-4-9/h3-8H,1-2H3,(H,16,17,18). The molecule has 4 nitrogen and oxygen atoms in total. The van der Waals surface area contributed by atoms with Gasteiger partial charge in [-0.25, -0.2) is 4.98 Å². The largest absolute Gasteiger partial charge is 0.306 e. The zero-order valence-electron chi connectivity index (χ0n) is 10.7. The molecule has 0 aliphatic carbocycles. The van der Waals surface area contributed by atoms with E-state index in [2.05, 4.69) is 28.8 Å². The number of hydrogen-bond acceptors (Lipinski definition) is 4. The number of aromatic nitrogens is 3. The number of H-pyrrole nitrogens is 1. The van der Waals surface area contributed by atoms with Gasteiger partial charge in [-0.15, -0.1) is 11.3 Å². The molecule has 1 N–H and O–H groups in total. The van der Waals surface area contributed by atoms with Crippen LogP contribution in [0.2, 0.25) is 0 Å². The monoisotopic (exact) mass is 271 g/mol. The lowest BCUT2D eigenvalue weighted by Crippen LogP contribution is -2.07. The molecule has 96 valence electrons. The average Bonchev–Trinajstić information content (AvgIpc) is 2.84. The first kappa shape index (κ1) is 12.0. The van der Waals surface area contributed by atoms with Crippen LogP contribution in [0.1, 0.15) is 24.6 Å². The summed E-state index contributed by atoms with van der Waals surface area (Å²) in [4.78, 5) is 25.4. The highest BCUT2D eigenvalue weighted by Gasteiger charge is 2.11. The maximum atomic E-state index is 12.1. The summed E-state index contributed by atoms with van der Waals surface area (Å²) in [5.41, 5.74) is 0.786. The fourth-order valence-electron chi connectivity index (χ4n) is 1.88. The van der Waals surface area contributed by atoms with Crippen molar-refractivity contribution in [3.05, 3.63) is 45.8 Å². The van der Waals surface area contributed by atoms with E-state index in [1.807, 2.05) is 18.2 Å². The molecule has 3 aromatic rings. The van der Waals surface area contributed by atoms with Gasteiger partial charge >= 0.3 is 0 Å². The molecule has 3 heterocycles. The number of nitrogens with zero attached hydrogens (tertiary/aromatic N) is 2. The summed E-state index contributed by atoms with van der Waals surface area (Å²) in [5.74, 6) is 1.00. The topological polar surface area (TPSA) is 58.6 Å². The molecule has 0 saturated carbocycles. The van der Waals surface area contributed by atoms with Crippen molar-refractivity contribution in [3.8, 4) is 11.4 Å². The predicted octanol–water partition coefficient (Wildman–Crippen LogP) is 3.17. The molecule has 3 aromatic heterocycles. The second kappa shape index (κ2) is 4.59. The first-order valence-electron chi connectivity index (χ1n) is 6.09. The lowest BCUT2D eigenvalue weighted by molar-refractivity contribution is 0.890. The maximum Gasteiger partial charge on any atom is 0.259 e. The lowest BCUT2D eigenvalue weighted by atomic mass is 10.2. The Labute approximate surface area is 114 Å². The molecule has 0 bridgehead atoms. The summed E-state index contributed by atoms with van der Waals surface area (Å²) < 4.78 is 0. The van der Waals surface area contributed by atoms with E-state index in [4.69, 9.17) is 0 Å². The Hall–Kier alpha value is -2.01. The Morgan fingerprint density at radius 2 is 2.00 bits per heavy atom. The number of aromatic amines is 1. The predicted molar refractivity (Wildman–Crippen MR) is 77.6 cm³/mol. The van der Waals surface area contributed by atoms with Crippen LogP contribution in [0.25, 0.3) is 21.6 Å². The van der Waals surface area contributed by atoms with E-state index in [-0.39, 0.29) is 5.56 Å². The van der Waals surface area contributed by atoms with Crippen LogP contribution in [0.4, 0.5) is 0 Å². The number of thiophene rings is 1. The number of pyridine rings is 1. The van der Waals surface area contributed by atoms with E-state index in [0.29, 0.717) is 17.1 Å². The smallest absolute Gasteiger partial charge is 0.259 e. The van der Waals surface area contributed by atoms with Crippen LogP contribution in [-0.4, -0.2) is 15.0 Å². The van der Waals surface area contributed by atoms with Crippen molar-refractivity contribution in [2.75, 3.05) is 0 Å². The molecule has 0 aliphatic heterocycles. The Balaban J connectivity index is 2.22. The molecular formula is C14H13N3OS. The van der Waals surface area contributed by atoms with Gasteiger partial charge in [-0.1, -0.05) is 13.8 Å². The van der Waals surface area contributed by atoms with Crippen LogP contribution in [0.3, 0.4) is 0 Å². The van der Waals surface area contributed by atoms with Crippen molar-refractivity contribution >= 4 is 21.6 Å². The van der Waals surface area contributed by atoms with Crippen molar-refractivity contribution in [1.82, 2.24) is 15.0 Å². The highest BCUT2D eigenvalue weighted by molar-refractivity contribution is 7.18. The van der Waals surface area contributed by atoms with E-state index in [1.54, 1.807) is 23.7 Å². The van der Waals surface area contributed by atoms with E-state index < -0.39 is 0 Å². The number of hydrogen-bond donors (Lipinski definition) is 1. The molecular weight excluding hydrogens is 258 g/mol. The lowest BCUT2D eigenvalue weighted by Gasteiger charge is -1.99. The average molecular weight is 271 g/mol. The van der Waals surface area contributed by atoms with Crippen LogP contribution >= 0.6 is 11.3 Å². The highest BCUT2D eigenvalue weighted by atomic mass is 32.1. The van der Waals surface area contributed by atoms with E-state index in [1.165, 1.54) is 4.88 Å². The molecule has 0 atom stereocenters. The van der Waals surface area contributed by atoms with Crippen LogP contribution < -0.4 is 5.56 Å². The van der Waals surface area contributed by atoms with Gasteiger partial charge in [-0.3, -0.25) is 9.78 Å². The normalized spacial score (nSPS) is 11.3. The Morgan fingerprint density at radius 1 is 1.26 bits per heavy atom. The van der Waals surface area contributed by atoms with Crippen molar-refractivity contribution in [2.24, 2.45) is 0 Å².